The summed E-state index contributed by atoms with van der Waals surface area (Å²) in [5.74, 6) is -0.362. The van der Waals surface area contributed by atoms with Crippen molar-refractivity contribution in [2.75, 3.05) is 16.8 Å². The molecule has 2 amide bonds. The normalized spacial score (nSPS) is 22.1. The van der Waals surface area contributed by atoms with E-state index < -0.39 is 15.9 Å². The Morgan fingerprint density at radius 3 is 2.67 bits per heavy atom. The van der Waals surface area contributed by atoms with Crippen molar-refractivity contribution < 1.29 is 18.0 Å². The molecule has 1 aromatic rings. The van der Waals surface area contributed by atoms with Crippen molar-refractivity contribution in [1.82, 2.24) is 5.01 Å². The molecule has 146 valence electrons. The van der Waals surface area contributed by atoms with Crippen LogP contribution in [0.1, 0.15) is 50.2 Å². The van der Waals surface area contributed by atoms with Gasteiger partial charge in [-0.15, -0.1) is 0 Å². The van der Waals surface area contributed by atoms with E-state index in [4.69, 9.17) is 0 Å². The molecule has 0 spiro atoms. The molecular weight excluding hydrogens is 366 g/mol. The summed E-state index contributed by atoms with van der Waals surface area (Å²) in [7, 11) is -3.14. The average Bonchev–Trinajstić information content (AvgIpc) is 2.96. The number of rotatable bonds is 4. The predicted molar refractivity (Wildman–Crippen MR) is 104 cm³/mol. The third kappa shape index (κ3) is 4.21. The number of anilines is 1. The van der Waals surface area contributed by atoms with Gasteiger partial charge in [0.15, 0.2) is 9.84 Å². The van der Waals surface area contributed by atoms with Gasteiger partial charge in [0.25, 0.3) is 5.91 Å². The molecule has 0 aromatic heterocycles. The van der Waals surface area contributed by atoms with Crippen LogP contribution in [0.15, 0.2) is 23.3 Å². The Labute approximate surface area is 159 Å². The SMILES string of the molecule is Cc1cccc(C(C)C)c1NC(=O)C1=NN(C2CCS(=O)(=O)C2)C(=O)CC1. The zero-order valence-electron chi connectivity index (χ0n) is 15.9. The lowest BCUT2D eigenvalue weighted by Crippen LogP contribution is -2.42. The second kappa shape index (κ2) is 7.42. The monoisotopic (exact) mass is 391 g/mol. The highest BCUT2D eigenvalue weighted by atomic mass is 32.2. The fourth-order valence-electron chi connectivity index (χ4n) is 3.52. The second-order valence-corrected chi connectivity index (χ2v) is 9.72. The molecule has 1 atom stereocenters. The largest absolute Gasteiger partial charge is 0.320 e. The summed E-state index contributed by atoms with van der Waals surface area (Å²) in [5.41, 5.74) is 3.03. The molecule has 0 radical (unpaired) electrons. The van der Waals surface area contributed by atoms with Crippen LogP contribution in [0.4, 0.5) is 5.69 Å². The maximum absolute atomic E-state index is 12.8. The van der Waals surface area contributed by atoms with Gasteiger partial charge >= 0.3 is 0 Å². The standard InChI is InChI=1S/C19H25N3O4S/c1-12(2)15-6-4-5-13(3)18(15)20-19(24)16-7-8-17(23)22(21-16)14-9-10-27(25,26)11-14/h4-6,12,14H,7-11H2,1-3H3,(H,20,24). The van der Waals surface area contributed by atoms with Crippen molar-refractivity contribution in [2.24, 2.45) is 5.10 Å². The van der Waals surface area contributed by atoms with Crippen LogP contribution in [0.3, 0.4) is 0 Å². The highest BCUT2D eigenvalue weighted by Gasteiger charge is 2.37. The number of aryl methyl sites for hydroxylation is 1. The van der Waals surface area contributed by atoms with Crippen LogP contribution in [0.2, 0.25) is 0 Å². The van der Waals surface area contributed by atoms with Gasteiger partial charge in [0, 0.05) is 18.5 Å². The van der Waals surface area contributed by atoms with Crippen molar-refractivity contribution >= 4 is 33.1 Å². The fraction of sp³-hybridized carbons (Fsp3) is 0.526. The molecule has 0 bridgehead atoms. The van der Waals surface area contributed by atoms with Crippen LogP contribution in [-0.2, 0) is 19.4 Å². The molecule has 1 N–H and O–H groups in total. The number of para-hydroxylation sites is 1. The summed E-state index contributed by atoms with van der Waals surface area (Å²) in [5, 5.41) is 8.39. The topological polar surface area (TPSA) is 95.9 Å². The van der Waals surface area contributed by atoms with E-state index in [9.17, 15) is 18.0 Å². The van der Waals surface area contributed by atoms with E-state index in [0.717, 1.165) is 16.8 Å². The Morgan fingerprint density at radius 2 is 2.04 bits per heavy atom. The first kappa shape index (κ1) is 19.5. The summed E-state index contributed by atoms with van der Waals surface area (Å²) in [6.07, 6.45) is 0.777. The third-order valence-corrected chi connectivity index (χ3v) is 6.79. The van der Waals surface area contributed by atoms with Crippen LogP contribution in [-0.4, -0.2) is 48.5 Å². The number of sulfone groups is 1. The molecule has 2 aliphatic heterocycles. The van der Waals surface area contributed by atoms with Crippen molar-refractivity contribution in [3.63, 3.8) is 0 Å². The lowest BCUT2D eigenvalue weighted by atomic mass is 9.98. The smallest absolute Gasteiger partial charge is 0.271 e. The van der Waals surface area contributed by atoms with Gasteiger partial charge in [-0.05, 0) is 30.4 Å². The van der Waals surface area contributed by atoms with Crippen LogP contribution in [0, 0.1) is 6.92 Å². The number of amides is 2. The number of carbonyl (C=O) groups is 2. The van der Waals surface area contributed by atoms with Crippen molar-refractivity contribution in [2.45, 2.75) is 52.0 Å². The second-order valence-electron chi connectivity index (χ2n) is 7.49. The first-order chi connectivity index (χ1) is 12.7. The lowest BCUT2D eigenvalue weighted by Gasteiger charge is -2.27. The first-order valence-corrected chi connectivity index (χ1v) is 11.0. The van der Waals surface area contributed by atoms with Gasteiger partial charge in [-0.3, -0.25) is 9.59 Å². The Bertz CT molecular complexity index is 906. The van der Waals surface area contributed by atoms with E-state index in [-0.39, 0.29) is 47.8 Å². The third-order valence-electron chi connectivity index (χ3n) is 5.04. The molecule has 7 nitrogen and oxygen atoms in total. The van der Waals surface area contributed by atoms with Gasteiger partial charge in [0.1, 0.15) is 5.71 Å². The molecule has 1 saturated heterocycles. The van der Waals surface area contributed by atoms with E-state index in [1.807, 2.05) is 25.1 Å². The van der Waals surface area contributed by atoms with E-state index in [1.165, 1.54) is 5.01 Å². The Balaban J connectivity index is 1.83. The average molecular weight is 391 g/mol. The van der Waals surface area contributed by atoms with Gasteiger partial charge in [0.2, 0.25) is 5.91 Å². The summed E-state index contributed by atoms with van der Waals surface area (Å²) in [6.45, 7) is 6.05. The van der Waals surface area contributed by atoms with E-state index in [1.54, 1.807) is 0 Å². The zero-order valence-corrected chi connectivity index (χ0v) is 16.7. The minimum Gasteiger partial charge on any atom is -0.320 e. The lowest BCUT2D eigenvalue weighted by molar-refractivity contribution is -0.133. The molecule has 27 heavy (non-hydrogen) atoms. The summed E-state index contributed by atoms with van der Waals surface area (Å²) < 4.78 is 23.4. The van der Waals surface area contributed by atoms with Crippen molar-refractivity contribution in [1.29, 1.82) is 0 Å². The molecule has 8 heteroatoms. The molecule has 2 heterocycles. The fourth-order valence-corrected chi connectivity index (χ4v) is 5.21. The maximum Gasteiger partial charge on any atom is 0.271 e. The highest BCUT2D eigenvalue weighted by molar-refractivity contribution is 7.91. The molecular formula is C19H25N3O4S. The summed E-state index contributed by atoms with van der Waals surface area (Å²) in [4.78, 5) is 25.0. The van der Waals surface area contributed by atoms with Crippen LogP contribution in [0.25, 0.3) is 0 Å². The number of hydrazone groups is 1. The number of hydrogen-bond donors (Lipinski definition) is 1. The summed E-state index contributed by atoms with van der Waals surface area (Å²) >= 11 is 0. The van der Waals surface area contributed by atoms with Crippen LogP contribution < -0.4 is 5.32 Å². The first-order valence-electron chi connectivity index (χ1n) is 9.19. The molecule has 1 fully saturated rings. The number of benzene rings is 1. The molecule has 1 unspecified atom stereocenters. The van der Waals surface area contributed by atoms with Gasteiger partial charge in [0.05, 0.1) is 17.5 Å². The predicted octanol–water partition coefficient (Wildman–Crippen LogP) is 2.22. The molecule has 1 aromatic carbocycles. The van der Waals surface area contributed by atoms with Crippen molar-refractivity contribution in [3.05, 3.63) is 29.3 Å². The Morgan fingerprint density at radius 1 is 1.30 bits per heavy atom. The van der Waals surface area contributed by atoms with Crippen LogP contribution >= 0.6 is 0 Å². The Kier molecular flexibility index (Phi) is 5.37. The van der Waals surface area contributed by atoms with Gasteiger partial charge < -0.3 is 5.32 Å². The molecule has 0 saturated carbocycles. The molecule has 0 aliphatic carbocycles. The maximum atomic E-state index is 12.8. The number of nitrogens with one attached hydrogen (secondary N) is 1. The minimum absolute atomic E-state index is 0.0550. The highest BCUT2D eigenvalue weighted by Crippen LogP contribution is 2.28. The molecule has 2 aliphatic rings. The number of carbonyl (C=O) groups excluding carboxylic acids is 2. The van der Waals surface area contributed by atoms with Gasteiger partial charge in [-0.1, -0.05) is 32.0 Å². The van der Waals surface area contributed by atoms with Crippen molar-refractivity contribution in [3.8, 4) is 0 Å². The molecule has 3 rings (SSSR count). The minimum atomic E-state index is -3.14. The van der Waals surface area contributed by atoms with E-state index >= 15 is 0 Å². The van der Waals surface area contributed by atoms with Gasteiger partial charge in [-0.25, -0.2) is 13.4 Å². The number of hydrogen-bond acceptors (Lipinski definition) is 5. The van der Waals surface area contributed by atoms with E-state index in [0.29, 0.717) is 6.42 Å². The van der Waals surface area contributed by atoms with Crippen LogP contribution in [0.5, 0.6) is 0 Å². The van der Waals surface area contributed by atoms with Gasteiger partial charge in [-0.2, -0.15) is 5.10 Å². The summed E-state index contributed by atoms with van der Waals surface area (Å²) in [6, 6.07) is 5.40. The Hall–Kier alpha value is -2.22. The van der Waals surface area contributed by atoms with E-state index in [2.05, 4.69) is 24.3 Å². The number of nitrogens with zero attached hydrogens (tertiary/aromatic N) is 2. The zero-order chi connectivity index (χ0) is 19.8. The quantitative estimate of drug-likeness (QED) is 0.851.